The molecule has 3 heteroatoms. The van der Waals surface area contributed by atoms with Gasteiger partial charge in [0.2, 0.25) is 0 Å². The first kappa shape index (κ1) is 4.75. The van der Waals surface area contributed by atoms with Crippen LogP contribution in [0.15, 0.2) is 0 Å². The molecule has 1 spiro atoms. The van der Waals surface area contributed by atoms with Gasteiger partial charge in [-0.05, 0) is 0 Å². The first-order valence-corrected chi connectivity index (χ1v) is 12.4. The Morgan fingerprint density at radius 3 is 1.29 bits per heavy atom. The molecule has 14 heavy (non-hydrogen) atoms. The van der Waals surface area contributed by atoms with Gasteiger partial charge in [-0.3, -0.25) is 0 Å². The van der Waals surface area contributed by atoms with E-state index in [1.54, 1.807) is 0 Å². The number of fused-ring (bicyclic) bond motifs is 10. The van der Waals surface area contributed by atoms with Gasteiger partial charge in [-0.15, -0.1) is 0 Å². The zero-order valence-corrected chi connectivity index (χ0v) is 8.63. The zero-order valence-electron chi connectivity index (χ0n) is 7.52. The van der Waals surface area contributed by atoms with Crippen LogP contribution < -0.4 is 0 Å². The van der Waals surface area contributed by atoms with Crippen LogP contribution in [0.25, 0.3) is 0 Å². The molecule has 0 aromatic heterocycles. The summed E-state index contributed by atoms with van der Waals surface area (Å²) in [5.41, 5.74) is 0. The molecule has 0 saturated carbocycles. The first-order chi connectivity index (χ1) is 6.49. The van der Waals surface area contributed by atoms with Crippen molar-refractivity contribution >= 4 is 0 Å². The van der Waals surface area contributed by atoms with Crippen LogP contribution in [0.3, 0.4) is 0 Å². The molecule has 0 aromatic carbocycles. The molecule has 0 bridgehead atoms. The van der Waals surface area contributed by atoms with Gasteiger partial charge in [-0.1, -0.05) is 0 Å². The molecule has 10 heterocycles. The van der Waals surface area contributed by atoms with E-state index in [1.807, 2.05) is 0 Å². The van der Waals surface area contributed by atoms with Crippen LogP contribution in [0.4, 0.5) is 0 Å². The molecule has 4 unspecified atom stereocenters. The topological polar surface area (TPSA) is 40.5 Å². The number of hydrogen-bond acceptors (Lipinski definition) is 2. The fraction of sp³-hybridized carbons (Fsp3) is 1.00. The van der Waals surface area contributed by atoms with Crippen molar-refractivity contribution in [1.29, 1.82) is 0 Å². The van der Waals surface area contributed by atoms with E-state index in [0.717, 1.165) is 9.63 Å². The molecule has 0 radical (unpaired) electrons. The van der Waals surface area contributed by atoms with E-state index in [1.165, 1.54) is 33.7 Å². The van der Waals surface area contributed by atoms with Crippen molar-refractivity contribution in [3.05, 3.63) is 0 Å². The standard InChI is InChI=1S/C6H7O2.C5H5.Fe/c7-6(8)5-3-1-2-4-5;1-2-4-5-3-1;/h1-4,6-8H;1-5H;. The molecule has 0 aliphatic carbocycles. The van der Waals surface area contributed by atoms with Gasteiger partial charge < -0.3 is 0 Å². The van der Waals surface area contributed by atoms with E-state index in [-0.39, 0.29) is 0 Å². The average Bonchev–Trinajstić information content (AvgIpc) is 3.13. The molecule has 2 N–H and O–H groups in total. The van der Waals surface area contributed by atoms with E-state index < -0.39 is 12.8 Å². The number of rotatable bonds is 1. The number of hydrogen-bond donors (Lipinski definition) is 2. The molecule has 0 amide bonds. The first-order valence-electron chi connectivity index (χ1n) is 6.06. The van der Waals surface area contributed by atoms with Crippen molar-refractivity contribution in [2.75, 3.05) is 0 Å². The molecule has 0 aromatic rings. The third-order valence-electron chi connectivity index (χ3n) is 15.2. The molecule has 76 valence electrons. The van der Waals surface area contributed by atoms with Crippen molar-refractivity contribution < 1.29 is 16.7 Å². The predicted octanol–water partition coefficient (Wildman–Crippen LogP) is 2.06. The molecule has 4 atom stereocenters. The molecule has 10 rings (SSSR count). The average molecular weight is 232 g/mol. The van der Waals surface area contributed by atoms with E-state index in [9.17, 15) is 10.2 Å². The summed E-state index contributed by atoms with van der Waals surface area (Å²) in [6, 6.07) is 0. The minimum absolute atomic E-state index is 0.305. The monoisotopic (exact) mass is 232 g/mol. The van der Waals surface area contributed by atoms with Crippen molar-refractivity contribution in [2.24, 2.45) is 0 Å². The van der Waals surface area contributed by atoms with Gasteiger partial charge in [-0.25, -0.2) is 0 Å². The van der Waals surface area contributed by atoms with Gasteiger partial charge >= 0.3 is 70.7 Å². The van der Waals surface area contributed by atoms with Crippen LogP contribution in [0.1, 0.15) is 0 Å². The van der Waals surface area contributed by atoms with Crippen LogP contribution in [0.5, 0.6) is 0 Å². The zero-order chi connectivity index (χ0) is 8.59. The summed E-state index contributed by atoms with van der Waals surface area (Å²) in [5, 5.41) is 19.9. The fourth-order valence-corrected chi connectivity index (χ4v) is 91.4. The van der Waals surface area contributed by atoms with Crippen LogP contribution in [-0.4, -0.2) is 16.5 Å². The van der Waals surface area contributed by atoms with Crippen molar-refractivity contribution in [3.8, 4) is 0 Å². The third-order valence-corrected chi connectivity index (χ3v) is 57.8. The van der Waals surface area contributed by atoms with Gasteiger partial charge in [-0.2, -0.15) is 0 Å². The van der Waals surface area contributed by atoms with Crippen molar-refractivity contribution in [1.82, 2.24) is 0 Å². The summed E-state index contributed by atoms with van der Waals surface area (Å²) < 4.78 is 0.305. The summed E-state index contributed by atoms with van der Waals surface area (Å²) in [5.74, 6) is 0. The Labute approximate surface area is 71.0 Å². The summed E-state index contributed by atoms with van der Waals surface area (Å²) >= 11 is 0. The minimum atomic E-state index is -3.09. The Bertz CT molecular complexity index is 802. The number of aliphatic hydroxyl groups is 2. The maximum atomic E-state index is 9.94. The Hall–Kier alpha value is 0.439. The van der Waals surface area contributed by atoms with E-state index >= 15 is 0 Å². The summed E-state index contributed by atoms with van der Waals surface area (Å²) in [4.78, 5) is 10.7. The quantitative estimate of drug-likeness (QED) is 0.536. The molecule has 10 aliphatic heterocycles. The third kappa shape index (κ3) is 0.0338. The Morgan fingerprint density at radius 2 is 1.21 bits per heavy atom. The molecular weight excluding hydrogens is 220 g/mol. The SMILES string of the molecule is OC(O)[C]12[CH]3[CH]4[CH]5[CH]1[Fe]45321678[CH]2[CH]1[CH]6[CH]7[CH]28. The Kier molecular flexibility index (Phi) is 0.106. The van der Waals surface area contributed by atoms with Crippen LogP contribution >= 0.6 is 0 Å². The predicted molar refractivity (Wildman–Crippen MR) is 44.7 cm³/mol. The van der Waals surface area contributed by atoms with E-state index in [0.29, 0.717) is 4.31 Å². The molecular formula is C11H12FeO2. The summed E-state index contributed by atoms with van der Waals surface area (Å²) in [7, 11) is 0. The molecule has 2 nitrogen and oxygen atoms in total. The van der Waals surface area contributed by atoms with Crippen molar-refractivity contribution in [3.63, 3.8) is 0 Å². The van der Waals surface area contributed by atoms with Gasteiger partial charge in [0.1, 0.15) is 0 Å². The van der Waals surface area contributed by atoms with Gasteiger partial charge in [0, 0.05) is 0 Å². The second-order valence-electron chi connectivity index (χ2n) is 10.1. The van der Waals surface area contributed by atoms with Gasteiger partial charge in [0.05, 0.1) is 0 Å². The van der Waals surface area contributed by atoms with Crippen molar-refractivity contribution in [2.45, 2.75) is 54.0 Å². The van der Waals surface area contributed by atoms with Gasteiger partial charge in [0.25, 0.3) is 0 Å². The fourth-order valence-electron chi connectivity index (χ4n) is 17.1. The van der Waals surface area contributed by atoms with E-state index in [2.05, 4.69) is 0 Å². The van der Waals surface area contributed by atoms with E-state index in [4.69, 9.17) is 0 Å². The Balaban J connectivity index is 1.94. The van der Waals surface area contributed by atoms with Crippen LogP contribution in [0.2, 0.25) is 47.7 Å². The summed E-state index contributed by atoms with van der Waals surface area (Å²) in [6.07, 6.45) is -0.864. The van der Waals surface area contributed by atoms with Crippen LogP contribution in [-0.2, 0) is 6.51 Å². The maximum absolute atomic E-state index is 9.94. The normalized spacial score (nSPS) is 143. The second-order valence-corrected chi connectivity index (χ2v) is 33.7. The number of aliphatic hydroxyl groups excluding tert-OH is 1. The molecule has 10 fully saturated rings. The second kappa shape index (κ2) is 0.314. The van der Waals surface area contributed by atoms with Gasteiger partial charge in [0.15, 0.2) is 0 Å². The van der Waals surface area contributed by atoms with Crippen LogP contribution in [0, 0.1) is 0 Å². The molecule has 10 aliphatic rings. The summed E-state index contributed by atoms with van der Waals surface area (Å²) in [6.45, 7) is -3.09. The molecule has 10 saturated heterocycles. The Morgan fingerprint density at radius 1 is 0.786 bits per heavy atom.